The van der Waals surface area contributed by atoms with Gasteiger partial charge < -0.3 is 10.2 Å². The Balaban J connectivity index is 1.53. The smallest absolute Gasteiger partial charge is 0.0238 e. The van der Waals surface area contributed by atoms with Gasteiger partial charge in [0.1, 0.15) is 0 Å². The van der Waals surface area contributed by atoms with Crippen LogP contribution in [0.3, 0.4) is 0 Å². The number of hydrogen-bond acceptors (Lipinski definition) is 2. The average Bonchev–Trinajstić information content (AvgIpc) is 2.50. The Bertz CT molecular complexity index is 446. The summed E-state index contributed by atoms with van der Waals surface area (Å²) >= 11 is 0. The van der Waals surface area contributed by atoms with Crippen molar-refractivity contribution in [3.8, 4) is 0 Å². The zero-order valence-electron chi connectivity index (χ0n) is 13.0. The molecule has 0 bridgehead atoms. The second kappa shape index (κ2) is 5.87. The van der Waals surface area contributed by atoms with Crippen molar-refractivity contribution in [3.05, 3.63) is 35.4 Å². The number of hydrogen-bond donors (Lipinski definition) is 1. The summed E-state index contributed by atoms with van der Waals surface area (Å²) in [4.78, 5) is 2.67. The van der Waals surface area contributed by atoms with Crippen molar-refractivity contribution in [3.63, 3.8) is 0 Å². The van der Waals surface area contributed by atoms with Gasteiger partial charge in [-0.25, -0.2) is 0 Å². The third-order valence-electron chi connectivity index (χ3n) is 5.56. The molecule has 0 radical (unpaired) electrons. The van der Waals surface area contributed by atoms with Crippen molar-refractivity contribution < 1.29 is 0 Å². The van der Waals surface area contributed by atoms with Gasteiger partial charge in [0.05, 0.1) is 0 Å². The lowest BCUT2D eigenvalue weighted by Gasteiger charge is -2.41. The molecule has 110 valence electrons. The monoisotopic (exact) mass is 272 g/mol. The highest BCUT2D eigenvalue weighted by Gasteiger charge is 2.29. The van der Waals surface area contributed by atoms with Crippen molar-refractivity contribution in [1.29, 1.82) is 0 Å². The Morgan fingerprint density at radius 1 is 1.20 bits per heavy atom. The van der Waals surface area contributed by atoms with Gasteiger partial charge in [0.2, 0.25) is 0 Å². The summed E-state index contributed by atoms with van der Waals surface area (Å²) in [6, 6.07) is 9.52. The third-order valence-corrected chi connectivity index (χ3v) is 5.56. The van der Waals surface area contributed by atoms with Crippen LogP contribution in [0.2, 0.25) is 0 Å². The van der Waals surface area contributed by atoms with Gasteiger partial charge in [-0.05, 0) is 48.9 Å². The first-order chi connectivity index (χ1) is 9.68. The third kappa shape index (κ3) is 3.07. The van der Waals surface area contributed by atoms with Crippen LogP contribution in [-0.2, 0) is 13.0 Å². The van der Waals surface area contributed by atoms with Gasteiger partial charge in [0.15, 0.2) is 0 Å². The van der Waals surface area contributed by atoms with E-state index in [1.807, 2.05) is 0 Å². The second-order valence-corrected chi connectivity index (χ2v) is 7.02. The standard InChI is InChI=1S/C18H28N2/c1-3-18(2)8-10-20(11-9-18)14-17-12-15-6-4-5-7-16(15)13-19-17/h4-7,17,19H,3,8-14H2,1-2H3. The number of piperidine rings is 1. The first-order valence-corrected chi connectivity index (χ1v) is 8.21. The van der Waals surface area contributed by atoms with Crippen LogP contribution in [-0.4, -0.2) is 30.6 Å². The summed E-state index contributed by atoms with van der Waals surface area (Å²) in [6.07, 6.45) is 5.26. The summed E-state index contributed by atoms with van der Waals surface area (Å²) in [5.74, 6) is 0. The Morgan fingerprint density at radius 3 is 2.60 bits per heavy atom. The van der Waals surface area contributed by atoms with Crippen LogP contribution in [0, 0.1) is 5.41 Å². The SMILES string of the molecule is CCC1(C)CCN(CC2Cc3ccccc3CN2)CC1. The number of nitrogens with one attached hydrogen (secondary N) is 1. The van der Waals surface area contributed by atoms with E-state index in [9.17, 15) is 0 Å². The Morgan fingerprint density at radius 2 is 1.90 bits per heavy atom. The van der Waals surface area contributed by atoms with Crippen LogP contribution in [0.15, 0.2) is 24.3 Å². The normalized spacial score (nSPS) is 26.2. The van der Waals surface area contributed by atoms with Crippen LogP contribution in [0.4, 0.5) is 0 Å². The fourth-order valence-corrected chi connectivity index (χ4v) is 3.59. The van der Waals surface area contributed by atoms with Crippen molar-refractivity contribution in [1.82, 2.24) is 10.2 Å². The zero-order chi connectivity index (χ0) is 14.0. The Labute approximate surface area is 123 Å². The minimum atomic E-state index is 0.600. The largest absolute Gasteiger partial charge is 0.308 e. The highest BCUT2D eigenvalue weighted by atomic mass is 15.2. The molecule has 1 aromatic carbocycles. The van der Waals surface area contributed by atoms with E-state index in [2.05, 4.69) is 48.3 Å². The summed E-state index contributed by atoms with van der Waals surface area (Å²) in [5.41, 5.74) is 3.64. The van der Waals surface area contributed by atoms with Crippen molar-refractivity contribution in [2.24, 2.45) is 5.41 Å². The molecule has 3 rings (SSSR count). The highest BCUT2D eigenvalue weighted by molar-refractivity contribution is 5.29. The predicted molar refractivity (Wildman–Crippen MR) is 84.8 cm³/mol. The molecule has 2 aliphatic heterocycles. The molecular formula is C18H28N2. The van der Waals surface area contributed by atoms with Crippen LogP contribution in [0.25, 0.3) is 0 Å². The lowest BCUT2D eigenvalue weighted by atomic mass is 9.78. The van der Waals surface area contributed by atoms with E-state index < -0.39 is 0 Å². The maximum atomic E-state index is 3.72. The van der Waals surface area contributed by atoms with Crippen molar-refractivity contribution in [2.45, 2.75) is 52.1 Å². The molecule has 2 nitrogen and oxygen atoms in total. The molecular weight excluding hydrogens is 244 g/mol. The lowest BCUT2D eigenvalue weighted by Crippen LogP contribution is -2.48. The maximum absolute atomic E-state index is 3.72. The number of fused-ring (bicyclic) bond motifs is 1. The highest BCUT2D eigenvalue weighted by Crippen LogP contribution is 2.34. The topological polar surface area (TPSA) is 15.3 Å². The maximum Gasteiger partial charge on any atom is 0.0238 e. The molecule has 0 saturated carbocycles. The predicted octanol–water partition coefficient (Wildman–Crippen LogP) is 3.21. The van der Waals surface area contributed by atoms with Gasteiger partial charge >= 0.3 is 0 Å². The molecule has 0 aliphatic carbocycles. The average molecular weight is 272 g/mol. The summed E-state index contributed by atoms with van der Waals surface area (Å²) in [6.45, 7) is 9.62. The second-order valence-electron chi connectivity index (χ2n) is 7.02. The van der Waals surface area contributed by atoms with Gasteiger partial charge in [-0.2, -0.15) is 0 Å². The fourth-order valence-electron chi connectivity index (χ4n) is 3.59. The van der Waals surface area contributed by atoms with E-state index in [0.717, 1.165) is 6.54 Å². The van der Waals surface area contributed by atoms with Crippen LogP contribution >= 0.6 is 0 Å². The van der Waals surface area contributed by atoms with Crippen LogP contribution < -0.4 is 5.32 Å². The van der Waals surface area contributed by atoms with Gasteiger partial charge in [-0.1, -0.05) is 44.5 Å². The van der Waals surface area contributed by atoms with Gasteiger partial charge in [0, 0.05) is 19.1 Å². The molecule has 1 fully saturated rings. The van der Waals surface area contributed by atoms with E-state index >= 15 is 0 Å². The molecule has 2 heteroatoms. The van der Waals surface area contributed by atoms with Crippen molar-refractivity contribution in [2.75, 3.05) is 19.6 Å². The number of rotatable bonds is 3. The number of likely N-dealkylation sites (tertiary alicyclic amines) is 1. The quantitative estimate of drug-likeness (QED) is 0.909. The molecule has 1 N–H and O–H groups in total. The molecule has 2 heterocycles. The molecule has 0 aromatic heterocycles. The molecule has 2 aliphatic rings. The molecule has 0 spiro atoms. The van der Waals surface area contributed by atoms with E-state index in [1.54, 1.807) is 5.56 Å². The molecule has 20 heavy (non-hydrogen) atoms. The lowest BCUT2D eigenvalue weighted by molar-refractivity contribution is 0.105. The number of nitrogens with zero attached hydrogens (tertiary/aromatic N) is 1. The van der Waals surface area contributed by atoms with Crippen LogP contribution in [0.1, 0.15) is 44.2 Å². The first-order valence-electron chi connectivity index (χ1n) is 8.21. The van der Waals surface area contributed by atoms with E-state index in [4.69, 9.17) is 0 Å². The minimum absolute atomic E-state index is 0.600. The molecule has 1 unspecified atom stereocenters. The zero-order valence-corrected chi connectivity index (χ0v) is 13.0. The molecule has 1 atom stereocenters. The Hall–Kier alpha value is -0.860. The fraction of sp³-hybridized carbons (Fsp3) is 0.667. The van der Waals surface area contributed by atoms with Gasteiger partial charge in [-0.3, -0.25) is 0 Å². The molecule has 1 saturated heterocycles. The van der Waals surface area contributed by atoms with Gasteiger partial charge in [0.25, 0.3) is 0 Å². The van der Waals surface area contributed by atoms with E-state index in [0.29, 0.717) is 11.5 Å². The summed E-state index contributed by atoms with van der Waals surface area (Å²) < 4.78 is 0. The first kappa shape index (κ1) is 14.1. The molecule has 1 aromatic rings. The Kier molecular flexibility index (Phi) is 4.13. The summed E-state index contributed by atoms with van der Waals surface area (Å²) in [7, 11) is 0. The van der Waals surface area contributed by atoms with Gasteiger partial charge in [-0.15, -0.1) is 0 Å². The van der Waals surface area contributed by atoms with E-state index in [-0.39, 0.29) is 0 Å². The van der Waals surface area contributed by atoms with Crippen LogP contribution in [0.5, 0.6) is 0 Å². The molecule has 0 amide bonds. The minimum Gasteiger partial charge on any atom is -0.308 e. The van der Waals surface area contributed by atoms with E-state index in [1.165, 1.54) is 50.9 Å². The van der Waals surface area contributed by atoms with Crippen molar-refractivity contribution >= 4 is 0 Å². The summed E-state index contributed by atoms with van der Waals surface area (Å²) in [5, 5.41) is 3.72. The number of benzene rings is 1.